The number of fused-ring (bicyclic) bond motifs is 1. The second-order valence-electron chi connectivity index (χ2n) is 6.43. The van der Waals surface area contributed by atoms with E-state index in [2.05, 4.69) is 10.6 Å². The van der Waals surface area contributed by atoms with Crippen LogP contribution in [0.5, 0.6) is 0 Å². The van der Waals surface area contributed by atoms with Crippen molar-refractivity contribution in [1.82, 2.24) is 10.2 Å². The summed E-state index contributed by atoms with van der Waals surface area (Å²) in [5, 5.41) is 5.22. The zero-order valence-electron chi connectivity index (χ0n) is 14.7. The van der Waals surface area contributed by atoms with Crippen LogP contribution in [0.4, 0.5) is 23.7 Å². The first kappa shape index (κ1) is 18.8. The first-order valence-corrected chi connectivity index (χ1v) is 8.37. The molecule has 1 aliphatic rings. The number of hydrogen-bond acceptors (Lipinski definition) is 2. The lowest BCUT2D eigenvalue weighted by atomic mass is 10.1. The minimum Gasteiger partial charge on any atom is -0.348 e. The fraction of sp³-hybridized carbons (Fsp3) is 0.263. The number of anilines is 1. The molecular weight excluding hydrogens is 359 g/mol. The number of halogens is 3. The molecule has 0 saturated carbocycles. The summed E-state index contributed by atoms with van der Waals surface area (Å²) in [6, 6.07) is 5.01. The van der Waals surface area contributed by atoms with Gasteiger partial charge in [0, 0.05) is 17.3 Å². The third-order valence-corrected chi connectivity index (χ3v) is 4.55. The van der Waals surface area contributed by atoms with Crippen molar-refractivity contribution < 1.29 is 22.8 Å². The number of carbonyl (C=O) groups excluding carboxylic acids is 2. The molecule has 0 spiro atoms. The molecule has 0 aliphatic carbocycles. The summed E-state index contributed by atoms with van der Waals surface area (Å²) >= 11 is 0. The monoisotopic (exact) mass is 377 g/mol. The number of amides is 3. The Kier molecular flexibility index (Phi) is 5.07. The normalized spacial score (nSPS) is 15.6. The van der Waals surface area contributed by atoms with Crippen LogP contribution in [0.2, 0.25) is 0 Å². The molecule has 3 amide bonds. The van der Waals surface area contributed by atoms with Crippen LogP contribution >= 0.6 is 0 Å². The third kappa shape index (κ3) is 3.89. The van der Waals surface area contributed by atoms with Gasteiger partial charge in [0.05, 0.1) is 12.6 Å². The number of urea groups is 1. The maximum absolute atomic E-state index is 13.9. The lowest BCUT2D eigenvalue weighted by molar-refractivity contribution is -0.125. The summed E-state index contributed by atoms with van der Waals surface area (Å²) < 4.78 is 40.3. The molecule has 142 valence electrons. The van der Waals surface area contributed by atoms with E-state index in [1.807, 2.05) is 0 Å². The molecule has 2 aromatic rings. The van der Waals surface area contributed by atoms with Crippen LogP contribution in [0.15, 0.2) is 36.4 Å². The van der Waals surface area contributed by atoms with E-state index in [4.69, 9.17) is 0 Å². The van der Waals surface area contributed by atoms with Gasteiger partial charge in [-0.15, -0.1) is 0 Å². The molecule has 0 radical (unpaired) electrons. The summed E-state index contributed by atoms with van der Waals surface area (Å²) in [7, 11) is 0. The van der Waals surface area contributed by atoms with Crippen LogP contribution < -0.4 is 10.6 Å². The quantitative estimate of drug-likeness (QED) is 0.853. The molecule has 0 aromatic heterocycles. The highest BCUT2D eigenvalue weighted by atomic mass is 19.1. The van der Waals surface area contributed by atoms with Crippen molar-refractivity contribution in [3.8, 4) is 0 Å². The Bertz CT molecular complexity index is 904. The lowest BCUT2D eigenvalue weighted by Crippen LogP contribution is -2.51. The minimum atomic E-state index is -0.882. The van der Waals surface area contributed by atoms with Crippen molar-refractivity contribution in [3.63, 3.8) is 0 Å². The fourth-order valence-electron chi connectivity index (χ4n) is 2.98. The van der Waals surface area contributed by atoms with Crippen LogP contribution in [0.25, 0.3) is 0 Å². The summed E-state index contributed by atoms with van der Waals surface area (Å²) in [5.74, 6) is -2.43. The Morgan fingerprint density at radius 3 is 2.48 bits per heavy atom. The lowest BCUT2D eigenvalue weighted by Gasteiger charge is -2.33. The minimum absolute atomic E-state index is 0.0623. The Labute approximate surface area is 154 Å². The second-order valence-corrected chi connectivity index (χ2v) is 6.43. The molecule has 2 atom stereocenters. The SMILES string of the molecule is CC(NC(=O)C(C)N1Cc2cc(F)ccc2NC1=O)c1ccc(F)cc1F. The van der Waals surface area contributed by atoms with Crippen LogP contribution in [0, 0.1) is 17.5 Å². The van der Waals surface area contributed by atoms with E-state index in [0.717, 1.165) is 12.1 Å². The molecule has 2 aromatic carbocycles. The number of carbonyl (C=O) groups is 2. The summed E-state index contributed by atoms with van der Waals surface area (Å²) in [6.07, 6.45) is 0. The molecular formula is C19H18F3N3O2. The smallest absolute Gasteiger partial charge is 0.322 e. The maximum atomic E-state index is 13.9. The molecule has 2 N–H and O–H groups in total. The average molecular weight is 377 g/mol. The van der Waals surface area contributed by atoms with Gasteiger partial charge in [-0.25, -0.2) is 18.0 Å². The van der Waals surface area contributed by atoms with Gasteiger partial charge in [-0.3, -0.25) is 4.79 Å². The van der Waals surface area contributed by atoms with E-state index in [1.165, 1.54) is 36.1 Å². The Morgan fingerprint density at radius 2 is 1.78 bits per heavy atom. The highest BCUT2D eigenvalue weighted by Crippen LogP contribution is 2.26. The molecule has 8 heteroatoms. The van der Waals surface area contributed by atoms with E-state index in [9.17, 15) is 22.8 Å². The van der Waals surface area contributed by atoms with E-state index in [-0.39, 0.29) is 12.1 Å². The zero-order valence-corrected chi connectivity index (χ0v) is 14.7. The van der Waals surface area contributed by atoms with E-state index in [0.29, 0.717) is 11.3 Å². The topological polar surface area (TPSA) is 61.4 Å². The Morgan fingerprint density at radius 1 is 1.11 bits per heavy atom. The van der Waals surface area contributed by atoms with Gasteiger partial charge in [-0.2, -0.15) is 0 Å². The van der Waals surface area contributed by atoms with Gasteiger partial charge in [0.25, 0.3) is 0 Å². The van der Waals surface area contributed by atoms with Crippen molar-refractivity contribution in [3.05, 3.63) is 65.0 Å². The van der Waals surface area contributed by atoms with Crippen molar-refractivity contribution in [1.29, 1.82) is 0 Å². The predicted octanol–water partition coefficient (Wildman–Crippen LogP) is 3.72. The highest BCUT2D eigenvalue weighted by molar-refractivity contribution is 5.96. The van der Waals surface area contributed by atoms with Gasteiger partial charge in [0.1, 0.15) is 23.5 Å². The molecule has 1 aliphatic heterocycles. The summed E-state index contributed by atoms with van der Waals surface area (Å²) in [4.78, 5) is 26.1. The van der Waals surface area contributed by atoms with Gasteiger partial charge >= 0.3 is 6.03 Å². The molecule has 2 unspecified atom stereocenters. The van der Waals surface area contributed by atoms with Gasteiger partial charge in [0.2, 0.25) is 5.91 Å². The summed E-state index contributed by atoms with van der Waals surface area (Å²) in [6.45, 7) is 3.14. The molecule has 3 rings (SSSR count). The van der Waals surface area contributed by atoms with Crippen LogP contribution in [-0.2, 0) is 11.3 Å². The van der Waals surface area contributed by atoms with Crippen LogP contribution in [0.3, 0.4) is 0 Å². The molecule has 0 fully saturated rings. The van der Waals surface area contributed by atoms with Crippen molar-refractivity contribution in [2.45, 2.75) is 32.5 Å². The second kappa shape index (κ2) is 7.30. The molecule has 27 heavy (non-hydrogen) atoms. The van der Waals surface area contributed by atoms with Gasteiger partial charge in [-0.05, 0) is 43.7 Å². The van der Waals surface area contributed by atoms with Gasteiger partial charge in [0.15, 0.2) is 0 Å². The standard InChI is InChI=1S/C19H18F3N3O2/c1-10(15-5-3-14(21)8-16(15)22)23-18(26)11(2)25-9-12-7-13(20)4-6-17(12)24-19(25)27/h3-8,10-11H,9H2,1-2H3,(H,23,26)(H,24,27). The summed E-state index contributed by atoms with van der Waals surface area (Å²) in [5.41, 5.74) is 1.17. The van der Waals surface area contributed by atoms with Crippen molar-refractivity contribution in [2.75, 3.05) is 5.32 Å². The maximum Gasteiger partial charge on any atom is 0.322 e. The number of benzene rings is 2. The van der Waals surface area contributed by atoms with E-state index in [1.54, 1.807) is 6.92 Å². The first-order chi connectivity index (χ1) is 12.8. The van der Waals surface area contributed by atoms with Crippen molar-refractivity contribution >= 4 is 17.6 Å². The first-order valence-electron chi connectivity index (χ1n) is 8.37. The van der Waals surface area contributed by atoms with E-state index >= 15 is 0 Å². The van der Waals surface area contributed by atoms with Crippen LogP contribution in [0.1, 0.15) is 31.0 Å². The largest absolute Gasteiger partial charge is 0.348 e. The highest BCUT2D eigenvalue weighted by Gasteiger charge is 2.31. The Hall–Kier alpha value is -3.03. The molecule has 0 saturated heterocycles. The zero-order chi connectivity index (χ0) is 19.7. The number of nitrogens with zero attached hydrogens (tertiary/aromatic N) is 1. The fourth-order valence-corrected chi connectivity index (χ4v) is 2.98. The van der Waals surface area contributed by atoms with Gasteiger partial charge in [-0.1, -0.05) is 6.07 Å². The van der Waals surface area contributed by atoms with Gasteiger partial charge < -0.3 is 15.5 Å². The number of hydrogen-bond donors (Lipinski definition) is 2. The van der Waals surface area contributed by atoms with Crippen molar-refractivity contribution in [2.24, 2.45) is 0 Å². The van der Waals surface area contributed by atoms with Crippen LogP contribution in [-0.4, -0.2) is 22.9 Å². The molecule has 0 bridgehead atoms. The number of rotatable bonds is 4. The number of nitrogens with one attached hydrogen (secondary N) is 2. The molecule has 5 nitrogen and oxygen atoms in total. The third-order valence-electron chi connectivity index (χ3n) is 4.55. The Balaban J connectivity index is 1.72. The average Bonchev–Trinajstić information content (AvgIpc) is 2.60. The predicted molar refractivity (Wildman–Crippen MR) is 93.3 cm³/mol. The van der Waals surface area contributed by atoms with E-state index < -0.39 is 41.5 Å². The molecule has 1 heterocycles.